The van der Waals surface area contributed by atoms with E-state index in [9.17, 15) is 4.79 Å². The smallest absolute Gasteiger partial charge is 0.234 e. The molecule has 1 atom stereocenters. The molecule has 28 heavy (non-hydrogen) atoms. The SMILES string of the molecule is NC1=N[C@H](c2c[nH]c3ccccc23)N=C(SCC(=O)Nc2ccc(Cl)cc2)N1. The van der Waals surface area contributed by atoms with E-state index in [4.69, 9.17) is 17.3 Å². The van der Waals surface area contributed by atoms with E-state index in [0.29, 0.717) is 15.9 Å². The third-order valence-corrected chi connectivity index (χ3v) is 5.24. The van der Waals surface area contributed by atoms with Crippen LogP contribution < -0.4 is 16.4 Å². The van der Waals surface area contributed by atoms with Gasteiger partial charge in [-0.1, -0.05) is 41.6 Å². The molecule has 0 fully saturated rings. The molecule has 3 aromatic rings. The van der Waals surface area contributed by atoms with Crippen molar-refractivity contribution in [3.63, 3.8) is 0 Å². The number of nitrogens with two attached hydrogens (primary N) is 1. The second-order valence-corrected chi connectivity index (χ2v) is 7.48. The highest BCUT2D eigenvalue weighted by Crippen LogP contribution is 2.29. The van der Waals surface area contributed by atoms with Gasteiger partial charge in [-0.2, -0.15) is 0 Å². The predicted molar refractivity (Wildman–Crippen MR) is 116 cm³/mol. The third kappa shape index (κ3) is 4.13. The second kappa shape index (κ2) is 7.95. The van der Waals surface area contributed by atoms with Crippen LogP contribution in [-0.4, -0.2) is 27.8 Å². The van der Waals surface area contributed by atoms with E-state index < -0.39 is 6.17 Å². The number of nitrogens with one attached hydrogen (secondary N) is 3. The quantitative estimate of drug-likeness (QED) is 0.526. The van der Waals surface area contributed by atoms with Crippen LogP contribution in [0.3, 0.4) is 0 Å². The molecule has 2 aromatic carbocycles. The standard InChI is InChI=1S/C19H17ClN6OS/c20-11-5-7-12(8-6-11)23-16(27)10-28-19-25-17(24-18(21)26-19)14-9-22-15-4-2-1-3-13(14)15/h1-9,17,22H,10H2,(H,23,27)(H3,21,24,25,26)/t17-/m0/s1. The summed E-state index contributed by atoms with van der Waals surface area (Å²) in [7, 11) is 0. The Labute approximate surface area is 170 Å². The minimum atomic E-state index is -0.459. The Bertz CT molecular complexity index is 1080. The molecule has 0 bridgehead atoms. The van der Waals surface area contributed by atoms with Crippen LogP contribution in [0, 0.1) is 0 Å². The first-order valence-electron chi connectivity index (χ1n) is 8.51. The van der Waals surface area contributed by atoms with Gasteiger partial charge in [-0.25, -0.2) is 9.98 Å². The molecule has 7 nitrogen and oxygen atoms in total. The summed E-state index contributed by atoms with van der Waals surface area (Å²) in [6.45, 7) is 0. The number of nitrogens with zero attached hydrogens (tertiary/aromatic N) is 2. The largest absolute Gasteiger partial charge is 0.370 e. The Hall–Kier alpha value is -2.97. The Morgan fingerprint density at radius 2 is 1.96 bits per heavy atom. The van der Waals surface area contributed by atoms with Gasteiger partial charge in [0.15, 0.2) is 17.3 Å². The van der Waals surface area contributed by atoms with Crippen LogP contribution in [0.4, 0.5) is 5.69 Å². The number of thioether (sulfide) groups is 1. The molecular formula is C19H17ClN6OS. The second-order valence-electron chi connectivity index (χ2n) is 6.08. The molecule has 0 unspecified atom stereocenters. The minimum Gasteiger partial charge on any atom is -0.370 e. The van der Waals surface area contributed by atoms with Crippen LogP contribution in [0.1, 0.15) is 11.7 Å². The number of amides is 1. The molecule has 142 valence electrons. The Balaban J connectivity index is 1.44. The summed E-state index contributed by atoms with van der Waals surface area (Å²) >= 11 is 7.12. The molecule has 4 rings (SSSR count). The first-order chi connectivity index (χ1) is 13.6. The Kier molecular flexibility index (Phi) is 5.23. The minimum absolute atomic E-state index is 0.151. The maximum absolute atomic E-state index is 12.2. The summed E-state index contributed by atoms with van der Waals surface area (Å²) in [5.74, 6) is 0.301. The molecule has 0 saturated carbocycles. The number of anilines is 1. The molecule has 0 saturated heterocycles. The van der Waals surface area contributed by atoms with E-state index in [1.807, 2.05) is 30.5 Å². The maximum Gasteiger partial charge on any atom is 0.234 e. The molecule has 1 aliphatic heterocycles. The van der Waals surface area contributed by atoms with Gasteiger partial charge < -0.3 is 21.4 Å². The molecule has 0 spiro atoms. The summed E-state index contributed by atoms with van der Waals surface area (Å²) < 4.78 is 0. The zero-order chi connectivity index (χ0) is 19.5. The summed E-state index contributed by atoms with van der Waals surface area (Å²) in [5, 5.41) is 7.94. The molecule has 0 radical (unpaired) electrons. The summed E-state index contributed by atoms with van der Waals surface area (Å²) in [4.78, 5) is 24.4. The van der Waals surface area contributed by atoms with E-state index >= 15 is 0 Å². The number of aliphatic imine (C=N–C) groups is 2. The predicted octanol–water partition coefficient (Wildman–Crippen LogP) is 3.47. The summed E-state index contributed by atoms with van der Waals surface area (Å²) in [6, 6.07) is 14.9. The van der Waals surface area contributed by atoms with Crippen molar-refractivity contribution >= 4 is 57.0 Å². The van der Waals surface area contributed by atoms with E-state index in [2.05, 4.69) is 25.6 Å². The lowest BCUT2D eigenvalue weighted by Gasteiger charge is -2.18. The lowest BCUT2D eigenvalue weighted by atomic mass is 10.1. The molecular weight excluding hydrogens is 396 g/mol. The number of carbonyl (C=O) groups is 1. The van der Waals surface area contributed by atoms with Gasteiger partial charge in [-0.05, 0) is 30.3 Å². The Morgan fingerprint density at radius 1 is 1.18 bits per heavy atom. The van der Waals surface area contributed by atoms with Gasteiger partial charge in [0.1, 0.15) is 0 Å². The number of halogens is 1. The highest BCUT2D eigenvalue weighted by molar-refractivity contribution is 8.14. The first-order valence-corrected chi connectivity index (χ1v) is 9.87. The van der Waals surface area contributed by atoms with E-state index in [1.54, 1.807) is 24.3 Å². The number of hydrogen-bond donors (Lipinski definition) is 4. The van der Waals surface area contributed by atoms with Crippen LogP contribution in [0.15, 0.2) is 64.7 Å². The Morgan fingerprint density at radius 3 is 2.79 bits per heavy atom. The molecule has 9 heteroatoms. The van der Waals surface area contributed by atoms with Gasteiger partial charge in [0.05, 0.1) is 5.75 Å². The summed E-state index contributed by atoms with van der Waals surface area (Å²) in [6.07, 6.45) is 1.43. The number of benzene rings is 2. The normalized spacial score (nSPS) is 16.2. The van der Waals surface area contributed by atoms with E-state index in [1.165, 1.54) is 11.8 Å². The molecule has 1 aromatic heterocycles. The first kappa shape index (κ1) is 18.4. The highest BCUT2D eigenvalue weighted by atomic mass is 35.5. The van der Waals surface area contributed by atoms with Gasteiger partial charge in [0, 0.05) is 33.4 Å². The van der Waals surface area contributed by atoms with Crippen LogP contribution in [-0.2, 0) is 4.79 Å². The van der Waals surface area contributed by atoms with Gasteiger partial charge in [0.2, 0.25) is 5.91 Å². The number of amidine groups is 1. The molecule has 1 aliphatic rings. The van der Waals surface area contributed by atoms with Crippen molar-refractivity contribution in [2.75, 3.05) is 11.1 Å². The van der Waals surface area contributed by atoms with Crippen molar-refractivity contribution in [2.45, 2.75) is 6.17 Å². The molecule has 0 aliphatic carbocycles. The monoisotopic (exact) mass is 412 g/mol. The number of para-hydroxylation sites is 1. The molecule has 1 amide bonds. The fourth-order valence-electron chi connectivity index (χ4n) is 2.83. The average Bonchev–Trinajstić information content (AvgIpc) is 3.12. The number of hydrogen-bond acceptors (Lipinski definition) is 6. The number of fused-ring (bicyclic) bond motifs is 1. The summed E-state index contributed by atoms with van der Waals surface area (Å²) in [5.41, 5.74) is 8.56. The fourth-order valence-corrected chi connectivity index (χ4v) is 3.65. The van der Waals surface area contributed by atoms with Crippen molar-refractivity contribution in [1.82, 2.24) is 10.3 Å². The number of carbonyl (C=O) groups excluding carboxylic acids is 1. The lowest BCUT2D eigenvalue weighted by molar-refractivity contribution is -0.113. The number of rotatable bonds is 4. The van der Waals surface area contributed by atoms with Crippen LogP contribution >= 0.6 is 23.4 Å². The fraction of sp³-hybridized carbons (Fsp3) is 0.105. The van der Waals surface area contributed by atoms with Gasteiger partial charge in [-0.3, -0.25) is 4.79 Å². The van der Waals surface area contributed by atoms with Crippen LogP contribution in [0.2, 0.25) is 5.02 Å². The van der Waals surface area contributed by atoms with Crippen molar-refractivity contribution in [3.05, 3.63) is 65.3 Å². The van der Waals surface area contributed by atoms with Crippen molar-refractivity contribution in [1.29, 1.82) is 0 Å². The van der Waals surface area contributed by atoms with Gasteiger partial charge >= 0.3 is 0 Å². The molecule has 2 heterocycles. The maximum atomic E-state index is 12.2. The van der Waals surface area contributed by atoms with E-state index in [-0.39, 0.29) is 17.6 Å². The topological polar surface area (TPSA) is 108 Å². The average molecular weight is 413 g/mol. The lowest BCUT2D eigenvalue weighted by Crippen LogP contribution is -2.39. The number of aromatic nitrogens is 1. The number of guanidine groups is 1. The number of H-pyrrole nitrogens is 1. The highest BCUT2D eigenvalue weighted by Gasteiger charge is 2.20. The third-order valence-electron chi connectivity index (χ3n) is 4.10. The van der Waals surface area contributed by atoms with E-state index in [0.717, 1.165) is 16.5 Å². The van der Waals surface area contributed by atoms with Crippen LogP contribution in [0.5, 0.6) is 0 Å². The van der Waals surface area contributed by atoms with Crippen molar-refractivity contribution < 1.29 is 4.79 Å². The zero-order valence-corrected chi connectivity index (χ0v) is 16.2. The van der Waals surface area contributed by atoms with Gasteiger partial charge in [0.25, 0.3) is 0 Å². The van der Waals surface area contributed by atoms with Crippen molar-refractivity contribution in [2.24, 2.45) is 15.7 Å². The zero-order valence-electron chi connectivity index (χ0n) is 14.6. The van der Waals surface area contributed by atoms with Crippen LogP contribution in [0.25, 0.3) is 10.9 Å². The van der Waals surface area contributed by atoms with Crippen molar-refractivity contribution in [3.8, 4) is 0 Å². The molecule has 5 N–H and O–H groups in total. The van der Waals surface area contributed by atoms with Gasteiger partial charge in [-0.15, -0.1) is 0 Å². The number of aromatic amines is 1.